The summed E-state index contributed by atoms with van der Waals surface area (Å²) in [7, 11) is 0. The van der Waals surface area contributed by atoms with Crippen molar-refractivity contribution in [1.29, 1.82) is 0 Å². The average molecular weight is 312 g/mol. The van der Waals surface area contributed by atoms with Crippen LogP contribution in [0.5, 0.6) is 0 Å². The van der Waals surface area contributed by atoms with E-state index in [9.17, 15) is 22.8 Å². The monoisotopic (exact) mass is 312 g/mol. The highest BCUT2D eigenvalue weighted by Crippen LogP contribution is 2.34. The summed E-state index contributed by atoms with van der Waals surface area (Å²) < 4.78 is 44.4. The van der Waals surface area contributed by atoms with Gasteiger partial charge in [0.15, 0.2) is 6.61 Å². The van der Waals surface area contributed by atoms with Crippen molar-refractivity contribution in [2.75, 3.05) is 13.2 Å². The third kappa shape index (κ3) is 10.1. The van der Waals surface area contributed by atoms with Crippen molar-refractivity contribution < 1.29 is 32.2 Å². The van der Waals surface area contributed by atoms with Crippen LogP contribution in [-0.2, 0) is 19.1 Å². The fraction of sp³-hybridized carbons (Fsp3) is 0.857. The van der Waals surface area contributed by atoms with Crippen LogP contribution in [0, 0.1) is 10.8 Å². The van der Waals surface area contributed by atoms with E-state index in [-0.39, 0.29) is 12.0 Å². The van der Waals surface area contributed by atoms with E-state index in [2.05, 4.69) is 4.74 Å². The third-order valence-corrected chi connectivity index (χ3v) is 2.46. The largest absolute Gasteiger partial charge is 0.465 e. The summed E-state index contributed by atoms with van der Waals surface area (Å²) in [6.45, 7) is 7.48. The summed E-state index contributed by atoms with van der Waals surface area (Å²) in [4.78, 5) is 22.9. The van der Waals surface area contributed by atoms with Crippen LogP contribution >= 0.6 is 0 Å². The summed E-state index contributed by atoms with van der Waals surface area (Å²) >= 11 is 0. The van der Waals surface area contributed by atoms with Gasteiger partial charge in [0.25, 0.3) is 0 Å². The first-order valence-electron chi connectivity index (χ1n) is 6.63. The van der Waals surface area contributed by atoms with E-state index >= 15 is 0 Å². The lowest BCUT2D eigenvalue weighted by Gasteiger charge is -2.30. The number of carbonyl (C=O) groups is 2. The molecule has 0 aliphatic carbocycles. The summed E-state index contributed by atoms with van der Waals surface area (Å²) in [5, 5.41) is 0. The molecule has 0 aliphatic rings. The van der Waals surface area contributed by atoms with Gasteiger partial charge in [-0.3, -0.25) is 9.59 Å². The molecule has 0 rings (SSSR count). The Balaban J connectivity index is 4.12. The van der Waals surface area contributed by atoms with Crippen molar-refractivity contribution in [2.45, 2.75) is 53.6 Å². The molecule has 0 aromatic carbocycles. The molecule has 7 heteroatoms. The number of rotatable bonds is 6. The number of esters is 2. The number of ether oxygens (including phenoxy) is 2. The standard InChI is InChI=1S/C14H23F3O4/c1-12(2,3)8-13(4,5)11(19)20-7-6-10(18)21-9-14(15,16)17/h6-9H2,1-5H3. The van der Waals surface area contributed by atoms with Crippen LogP contribution in [0.25, 0.3) is 0 Å². The number of halogens is 3. The SMILES string of the molecule is CC(C)(C)CC(C)(C)C(=O)OCCC(=O)OCC(F)(F)F. The Morgan fingerprint density at radius 3 is 1.90 bits per heavy atom. The van der Waals surface area contributed by atoms with Crippen LogP contribution in [0.1, 0.15) is 47.5 Å². The highest BCUT2D eigenvalue weighted by Gasteiger charge is 2.34. The molecule has 0 heterocycles. The van der Waals surface area contributed by atoms with Crippen LogP contribution in [0.4, 0.5) is 13.2 Å². The van der Waals surface area contributed by atoms with Gasteiger partial charge in [-0.15, -0.1) is 0 Å². The van der Waals surface area contributed by atoms with Crippen molar-refractivity contribution >= 4 is 11.9 Å². The second kappa shape index (κ2) is 7.13. The minimum Gasteiger partial charge on any atom is -0.465 e. The second-order valence-corrected chi connectivity index (χ2v) is 6.78. The van der Waals surface area contributed by atoms with Gasteiger partial charge in [-0.25, -0.2) is 0 Å². The molecule has 0 aromatic rings. The van der Waals surface area contributed by atoms with Crippen LogP contribution in [0.15, 0.2) is 0 Å². The molecule has 21 heavy (non-hydrogen) atoms. The van der Waals surface area contributed by atoms with Gasteiger partial charge in [-0.2, -0.15) is 13.2 Å². The molecule has 0 saturated carbocycles. The van der Waals surface area contributed by atoms with E-state index in [1.165, 1.54) is 0 Å². The summed E-state index contributed by atoms with van der Waals surface area (Å²) in [5.41, 5.74) is -0.803. The fourth-order valence-electron chi connectivity index (χ4n) is 2.05. The predicted octanol–water partition coefficient (Wildman–Crippen LogP) is 3.49. The molecular weight excluding hydrogens is 289 g/mol. The fourth-order valence-corrected chi connectivity index (χ4v) is 2.05. The maximum absolute atomic E-state index is 11.9. The first-order valence-corrected chi connectivity index (χ1v) is 6.63. The highest BCUT2D eigenvalue weighted by atomic mass is 19.4. The molecule has 0 saturated heterocycles. The van der Waals surface area contributed by atoms with Crippen molar-refractivity contribution in [2.24, 2.45) is 10.8 Å². The minimum atomic E-state index is -4.55. The van der Waals surface area contributed by atoms with Gasteiger partial charge in [0, 0.05) is 0 Å². The van der Waals surface area contributed by atoms with Crippen LogP contribution in [0.3, 0.4) is 0 Å². The van der Waals surface area contributed by atoms with Gasteiger partial charge in [-0.05, 0) is 25.7 Å². The van der Waals surface area contributed by atoms with Gasteiger partial charge in [0.1, 0.15) is 6.61 Å². The predicted molar refractivity (Wildman–Crippen MR) is 70.4 cm³/mol. The lowest BCUT2D eigenvalue weighted by atomic mass is 9.76. The van der Waals surface area contributed by atoms with Crippen molar-refractivity contribution in [3.63, 3.8) is 0 Å². The van der Waals surface area contributed by atoms with E-state index in [0.29, 0.717) is 6.42 Å². The van der Waals surface area contributed by atoms with Gasteiger partial charge in [0.05, 0.1) is 11.8 Å². The molecule has 0 unspecified atom stereocenters. The minimum absolute atomic E-state index is 0.0752. The zero-order valence-electron chi connectivity index (χ0n) is 13.1. The number of alkyl halides is 3. The lowest BCUT2D eigenvalue weighted by Crippen LogP contribution is -2.31. The average Bonchev–Trinajstić information content (AvgIpc) is 2.21. The molecule has 124 valence electrons. The zero-order valence-corrected chi connectivity index (χ0v) is 13.1. The smallest absolute Gasteiger partial charge is 0.422 e. The number of hydrogen-bond donors (Lipinski definition) is 0. The maximum Gasteiger partial charge on any atom is 0.422 e. The second-order valence-electron chi connectivity index (χ2n) is 6.78. The highest BCUT2D eigenvalue weighted by molar-refractivity contribution is 5.76. The zero-order chi connectivity index (χ0) is 16.9. The van der Waals surface area contributed by atoms with E-state index in [1.54, 1.807) is 13.8 Å². The maximum atomic E-state index is 11.9. The van der Waals surface area contributed by atoms with Crippen molar-refractivity contribution in [3.05, 3.63) is 0 Å². The molecule has 0 spiro atoms. The summed E-state index contributed by atoms with van der Waals surface area (Å²) in [6, 6.07) is 0. The van der Waals surface area contributed by atoms with Gasteiger partial charge >= 0.3 is 18.1 Å². The third-order valence-electron chi connectivity index (χ3n) is 2.46. The topological polar surface area (TPSA) is 52.6 Å². The molecule has 0 N–H and O–H groups in total. The van der Waals surface area contributed by atoms with Crippen molar-refractivity contribution in [1.82, 2.24) is 0 Å². The van der Waals surface area contributed by atoms with E-state index in [0.717, 1.165) is 0 Å². The van der Waals surface area contributed by atoms with Crippen molar-refractivity contribution in [3.8, 4) is 0 Å². The van der Waals surface area contributed by atoms with Crippen LogP contribution in [-0.4, -0.2) is 31.3 Å². The van der Waals surface area contributed by atoms with E-state index in [1.807, 2.05) is 20.8 Å². The first kappa shape index (κ1) is 19.7. The normalized spacial score (nSPS) is 13.0. The molecule has 0 radical (unpaired) electrons. The molecule has 0 bridgehead atoms. The Labute approximate surface area is 123 Å². The Kier molecular flexibility index (Phi) is 6.70. The Bertz CT molecular complexity index is 367. The molecule has 4 nitrogen and oxygen atoms in total. The molecule has 0 aliphatic heterocycles. The quantitative estimate of drug-likeness (QED) is 0.705. The van der Waals surface area contributed by atoms with Gasteiger partial charge in [0.2, 0.25) is 0 Å². The molecule has 0 fully saturated rings. The van der Waals surface area contributed by atoms with Gasteiger partial charge in [-0.1, -0.05) is 20.8 Å². The molecular formula is C14H23F3O4. The molecule has 0 atom stereocenters. The number of hydrogen-bond acceptors (Lipinski definition) is 4. The van der Waals surface area contributed by atoms with E-state index < -0.39 is 36.6 Å². The van der Waals surface area contributed by atoms with E-state index in [4.69, 9.17) is 4.74 Å². The molecule has 0 aromatic heterocycles. The Morgan fingerprint density at radius 1 is 0.952 bits per heavy atom. The summed E-state index contributed by atoms with van der Waals surface area (Å²) in [5.74, 6) is -1.53. The molecule has 0 amide bonds. The Morgan fingerprint density at radius 2 is 1.48 bits per heavy atom. The number of carbonyl (C=O) groups excluding carboxylic acids is 2. The Hall–Kier alpha value is -1.27. The first-order chi connectivity index (χ1) is 9.23. The van der Waals surface area contributed by atoms with Crippen LogP contribution in [0.2, 0.25) is 0 Å². The van der Waals surface area contributed by atoms with Gasteiger partial charge < -0.3 is 9.47 Å². The summed E-state index contributed by atoms with van der Waals surface area (Å²) in [6.07, 6.45) is -4.37. The van der Waals surface area contributed by atoms with Crippen LogP contribution < -0.4 is 0 Å². The lowest BCUT2D eigenvalue weighted by molar-refractivity contribution is -0.187.